The second-order valence-corrected chi connectivity index (χ2v) is 5.34. The van der Waals surface area contributed by atoms with Gasteiger partial charge in [0.25, 0.3) is 0 Å². The minimum absolute atomic E-state index is 0.0572. The highest BCUT2D eigenvalue weighted by atomic mass is 16.5. The van der Waals surface area contributed by atoms with Crippen molar-refractivity contribution in [3.8, 4) is 0 Å². The van der Waals surface area contributed by atoms with Gasteiger partial charge in [0.1, 0.15) is 0 Å². The molecule has 0 aliphatic carbocycles. The normalized spacial score (nSPS) is 18.4. The minimum Gasteiger partial charge on any atom is -0.339 e. The summed E-state index contributed by atoms with van der Waals surface area (Å²) in [4.78, 5) is 18.7. The van der Waals surface area contributed by atoms with Crippen LogP contribution < -0.4 is 0 Å². The van der Waals surface area contributed by atoms with E-state index in [1.54, 1.807) is 10.9 Å². The summed E-state index contributed by atoms with van der Waals surface area (Å²) >= 11 is 0. The van der Waals surface area contributed by atoms with Crippen molar-refractivity contribution in [3.63, 3.8) is 0 Å². The van der Waals surface area contributed by atoms with Crippen molar-refractivity contribution in [2.75, 3.05) is 6.54 Å². The number of carbonyl (C=O) groups is 1. The zero-order chi connectivity index (χ0) is 14.8. The molecule has 112 valence electrons. The van der Waals surface area contributed by atoms with E-state index in [1.165, 1.54) is 0 Å². The number of rotatable bonds is 4. The highest BCUT2D eigenvalue weighted by molar-refractivity contribution is 5.79. The van der Waals surface area contributed by atoms with Gasteiger partial charge in [-0.05, 0) is 18.4 Å². The van der Waals surface area contributed by atoms with Crippen LogP contribution in [0.1, 0.15) is 43.1 Å². The molecule has 21 heavy (non-hydrogen) atoms. The standard InChI is InChI=1S/C14H19N5O2/c1-3-12-16-14(17-21-12)11-5-4-6-19(11)13(20)7-10-8-15-18(2)9-10/h8-9,11H,3-7H2,1-2H3/t11-/m1/s1. The van der Waals surface area contributed by atoms with Crippen molar-refractivity contribution in [2.24, 2.45) is 7.05 Å². The molecule has 0 radical (unpaired) electrons. The van der Waals surface area contributed by atoms with Crippen LogP contribution in [0.5, 0.6) is 0 Å². The molecule has 0 unspecified atom stereocenters. The van der Waals surface area contributed by atoms with E-state index in [1.807, 2.05) is 25.1 Å². The third kappa shape index (κ3) is 2.81. The van der Waals surface area contributed by atoms with Crippen LogP contribution in [0.25, 0.3) is 0 Å². The van der Waals surface area contributed by atoms with Crippen LogP contribution in [0.3, 0.4) is 0 Å². The van der Waals surface area contributed by atoms with Gasteiger partial charge in [-0.2, -0.15) is 10.1 Å². The van der Waals surface area contributed by atoms with Crippen LogP contribution in [0.15, 0.2) is 16.9 Å². The third-order valence-corrected chi connectivity index (χ3v) is 3.77. The van der Waals surface area contributed by atoms with Crippen molar-refractivity contribution < 1.29 is 9.32 Å². The third-order valence-electron chi connectivity index (χ3n) is 3.77. The van der Waals surface area contributed by atoms with Gasteiger partial charge in [0.05, 0.1) is 18.7 Å². The van der Waals surface area contributed by atoms with E-state index in [-0.39, 0.29) is 11.9 Å². The Morgan fingerprint density at radius 2 is 2.38 bits per heavy atom. The molecule has 1 fully saturated rings. The Kier molecular flexibility index (Phi) is 3.72. The number of likely N-dealkylation sites (tertiary alicyclic amines) is 1. The van der Waals surface area contributed by atoms with E-state index in [0.29, 0.717) is 24.6 Å². The van der Waals surface area contributed by atoms with E-state index in [9.17, 15) is 4.79 Å². The number of hydrogen-bond acceptors (Lipinski definition) is 5. The molecule has 0 N–H and O–H groups in total. The Labute approximate surface area is 122 Å². The van der Waals surface area contributed by atoms with Crippen molar-refractivity contribution in [1.29, 1.82) is 0 Å². The largest absolute Gasteiger partial charge is 0.339 e. The first kappa shape index (κ1) is 13.8. The van der Waals surface area contributed by atoms with Crippen LogP contribution in [0.4, 0.5) is 0 Å². The molecule has 0 aromatic carbocycles. The first-order chi connectivity index (χ1) is 10.2. The molecular weight excluding hydrogens is 270 g/mol. The van der Waals surface area contributed by atoms with Crippen LogP contribution in [0, 0.1) is 0 Å². The summed E-state index contributed by atoms with van der Waals surface area (Å²) in [6, 6.07) is -0.0572. The van der Waals surface area contributed by atoms with Crippen molar-refractivity contribution in [1.82, 2.24) is 24.8 Å². The quantitative estimate of drug-likeness (QED) is 0.847. The van der Waals surface area contributed by atoms with E-state index in [4.69, 9.17) is 4.52 Å². The lowest BCUT2D eigenvalue weighted by Gasteiger charge is -2.21. The van der Waals surface area contributed by atoms with Crippen LogP contribution in [0.2, 0.25) is 0 Å². The molecule has 3 heterocycles. The summed E-state index contributed by atoms with van der Waals surface area (Å²) in [6.45, 7) is 2.72. The number of amides is 1. The molecule has 7 nitrogen and oxygen atoms in total. The Morgan fingerprint density at radius 1 is 1.52 bits per heavy atom. The van der Waals surface area contributed by atoms with E-state index in [2.05, 4.69) is 15.2 Å². The SMILES string of the molecule is CCc1nc([C@H]2CCCN2C(=O)Cc2cnn(C)c2)no1. The summed E-state index contributed by atoms with van der Waals surface area (Å²) < 4.78 is 6.87. The molecule has 2 aromatic heterocycles. The zero-order valence-electron chi connectivity index (χ0n) is 12.3. The predicted octanol–water partition coefficient (Wildman–Crippen LogP) is 1.27. The molecule has 1 atom stereocenters. The lowest BCUT2D eigenvalue weighted by atomic mass is 10.2. The van der Waals surface area contributed by atoms with Gasteiger partial charge in [-0.1, -0.05) is 12.1 Å². The maximum Gasteiger partial charge on any atom is 0.227 e. The summed E-state index contributed by atoms with van der Waals surface area (Å²) in [5.74, 6) is 1.34. The van der Waals surface area contributed by atoms with Crippen LogP contribution in [-0.4, -0.2) is 37.3 Å². The Hall–Kier alpha value is -2.18. The van der Waals surface area contributed by atoms with Crippen molar-refractivity contribution in [2.45, 2.75) is 38.6 Å². The maximum atomic E-state index is 12.5. The van der Waals surface area contributed by atoms with Gasteiger partial charge in [-0.25, -0.2) is 0 Å². The fraction of sp³-hybridized carbons (Fsp3) is 0.571. The Bertz CT molecular complexity index is 633. The highest BCUT2D eigenvalue weighted by Crippen LogP contribution is 2.30. The predicted molar refractivity (Wildman–Crippen MR) is 74.3 cm³/mol. The smallest absolute Gasteiger partial charge is 0.227 e. The fourth-order valence-corrected chi connectivity index (χ4v) is 2.72. The van der Waals surface area contributed by atoms with E-state index < -0.39 is 0 Å². The molecule has 0 spiro atoms. The summed E-state index contributed by atoms with van der Waals surface area (Å²) in [6.07, 6.45) is 6.53. The maximum absolute atomic E-state index is 12.5. The monoisotopic (exact) mass is 289 g/mol. The average Bonchev–Trinajstić information content (AvgIpc) is 3.17. The van der Waals surface area contributed by atoms with Crippen molar-refractivity contribution in [3.05, 3.63) is 29.7 Å². The Balaban J connectivity index is 1.72. The molecule has 0 bridgehead atoms. The second-order valence-electron chi connectivity index (χ2n) is 5.34. The van der Waals surface area contributed by atoms with Gasteiger partial charge >= 0.3 is 0 Å². The first-order valence-corrected chi connectivity index (χ1v) is 7.27. The molecule has 1 aliphatic rings. The van der Waals surface area contributed by atoms with Gasteiger partial charge < -0.3 is 9.42 Å². The van der Waals surface area contributed by atoms with Gasteiger partial charge in [-0.3, -0.25) is 9.48 Å². The number of aromatic nitrogens is 4. The molecule has 2 aromatic rings. The molecule has 0 saturated carbocycles. The Morgan fingerprint density at radius 3 is 3.05 bits per heavy atom. The molecule has 3 rings (SSSR count). The van der Waals surface area contributed by atoms with Gasteiger partial charge in [0.15, 0.2) is 5.82 Å². The molecule has 1 saturated heterocycles. The summed E-state index contributed by atoms with van der Waals surface area (Å²) in [7, 11) is 1.85. The molecule has 7 heteroatoms. The van der Waals surface area contributed by atoms with Gasteiger partial charge in [0, 0.05) is 26.2 Å². The lowest BCUT2D eigenvalue weighted by molar-refractivity contribution is -0.131. The van der Waals surface area contributed by atoms with Gasteiger partial charge in [0.2, 0.25) is 11.8 Å². The molecular formula is C14H19N5O2. The fourth-order valence-electron chi connectivity index (χ4n) is 2.72. The topological polar surface area (TPSA) is 77.1 Å². The molecule has 1 amide bonds. The molecule has 1 aliphatic heterocycles. The van der Waals surface area contributed by atoms with E-state index >= 15 is 0 Å². The van der Waals surface area contributed by atoms with E-state index in [0.717, 1.165) is 24.9 Å². The van der Waals surface area contributed by atoms with Gasteiger partial charge in [-0.15, -0.1) is 0 Å². The van der Waals surface area contributed by atoms with Crippen LogP contribution >= 0.6 is 0 Å². The summed E-state index contributed by atoms with van der Waals surface area (Å²) in [5.41, 5.74) is 0.926. The lowest BCUT2D eigenvalue weighted by Crippen LogP contribution is -2.32. The number of carbonyl (C=O) groups excluding carboxylic acids is 1. The highest BCUT2D eigenvalue weighted by Gasteiger charge is 2.33. The summed E-state index contributed by atoms with van der Waals surface area (Å²) in [5, 5.41) is 8.11. The average molecular weight is 289 g/mol. The number of hydrogen-bond donors (Lipinski definition) is 0. The van der Waals surface area contributed by atoms with Crippen molar-refractivity contribution >= 4 is 5.91 Å². The minimum atomic E-state index is -0.0572. The van der Waals surface area contributed by atoms with Crippen LogP contribution in [-0.2, 0) is 24.7 Å². The first-order valence-electron chi connectivity index (χ1n) is 7.27. The number of nitrogens with zero attached hydrogens (tertiary/aromatic N) is 5. The number of aryl methyl sites for hydroxylation is 2. The zero-order valence-corrected chi connectivity index (χ0v) is 12.3. The second kappa shape index (κ2) is 5.67.